The van der Waals surface area contributed by atoms with Gasteiger partial charge in [-0.1, -0.05) is 13.8 Å². The molecule has 6 nitrogen and oxygen atoms in total. The van der Waals surface area contributed by atoms with Gasteiger partial charge >= 0.3 is 0 Å². The molecule has 1 heterocycles. The van der Waals surface area contributed by atoms with Gasteiger partial charge in [-0.15, -0.1) is 0 Å². The van der Waals surface area contributed by atoms with Crippen LogP contribution < -0.4 is 16.6 Å². The molecule has 0 amide bonds. The number of rotatable bonds is 9. The largest absolute Gasteiger partial charge is 0.374 e. The second kappa shape index (κ2) is 8.66. The van der Waals surface area contributed by atoms with Gasteiger partial charge < -0.3 is 15.5 Å². The van der Waals surface area contributed by atoms with Crippen molar-refractivity contribution in [3.63, 3.8) is 0 Å². The number of hydrazine groups is 1. The molecule has 1 rings (SSSR count). The maximum atomic E-state index is 5.40. The lowest BCUT2D eigenvalue weighted by Gasteiger charge is -2.10. The number of anilines is 2. The lowest BCUT2D eigenvalue weighted by atomic mass is 10.1. The fraction of sp³-hybridized carbons (Fsp3) is 0.692. The van der Waals surface area contributed by atoms with Crippen LogP contribution in [0.1, 0.15) is 39.4 Å². The fourth-order valence-corrected chi connectivity index (χ4v) is 1.65. The van der Waals surface area contributed by atoms with E-state index < -0.39 is 0 Å². The van der Waals surface area contributed by atoms with E-state index in [9.17, 15) is 0 Å². The predicted octanol–water partition coefficient (Wildman–Crippen LogP) is 2.15. The molecule has 6 heteroatoms. The van der Waals surface area contributed by atoms with E-state index in [4.69, 9.17) is 10.6 Å². The zero-order chi connectivity index (χ0) is 14.1. The molecule has 0 aliphatic heterocycles. The van der Waals surface area contributed by atoms with Gasteiger partial charge in [0.05, 0.1) is 0 Å². The monoisotopic (exact) mass is 267 g/mol. The average Bonchev–Trinajstić information content (AvgIpc) is 2.41. The summed E-state index contributed by atoms with van der Waals surface area (Å²) >= 11 is 0. The lowest BCUT2D eigenvalue weighted by Crippen LogP contribution is -2.13. The molecule has 4 N–H and O–H groups in total. The van der Waals surface area contributed by atoms with Crippen LogP contribution in [0.15, 0.2) is 6.07 Å². The molecule has 0 fully saturated rings. The summed E-state index contributed by atoms with van der Waals surface area (Å²) in [5, 5.41) is 3.29. The number of nitrogens with two attached hydrogens (primary N) is 1. The molecule has 108 valence electrons. The van der Waals surface area contributed by atoms with Crippen LogP contribution in [0.3, 0.4) is 0 Å². The summed E-state index contributed by atoms with van der Waals surface area (Å²) in [6.07, 6.45) is 2.32. The van der Waals surface area contributed by atoms with E-state index in [1.807, 2.05) is 6.92 Å². The molecule has 0 atom stereocenters. The van der Waals surface area contributed by atoms with Crippen molar-refractivity contribution in [2.75, 3.05) is 23.9 Å². The molecule has 0 aliphatic carbocycles. The molecule has 1 aromatic rings. The first-order chi connectivity index (χ1) is 9.15. The average molecular weight is 267 g/mol. The maximum absolute atomic E-state index is 5.40. The minimum Gasteiger partial charge on any atom is -0.374 e. The maximum Gasteiger partial charge on any atom is 0.158 e. The third kappa shape index (κ3) is 6.35. The Kier molecular flexibility index (Phi) is 7.14. The van der Waals surface area contributed by atoms with Gasteiger partial charge in [0.1, 0.15) is 18.2 Å². The summed E-state index contributed by atoms with van der Waals surface area (Å²) in [7, 11) is 0. The summed E-state index contributed by atoms with van der Waals surface area (Å²) < 4.78 is 5.31. The molecular weight excluding hydrogens is 242 g/mol. The topological polar surface area (TPSA) is 85.1 Å². The number of ether oxygens (including phenoxy) is 1. The van der Waals surface area contributed by atoms with Crippen LogP contribution >= 0.6 is 0 Å². The summed E-state index contributed by atoms with van der Waals surface area (Å²) in [5.41, 5.74) is 2.55. The normalized spacial score (nSPS) is 10.8. The summed E-state index contributed by atoms with van der Waals surface area (Å²) in [5.74, 6) is 8.13. The standard InChI is InChI=1S/C13H25N5O/c1-4-19-9-13-16-11(8-12(17-13)18-14)15-7-5-6-10(2)3/h8,10H,4-7,9,14H2,1-3H3,(H2,15,16,17,18). The van der Waals surface area contributed by atoms with Crippen molar-refractivity contribution >= 4 is 11.6 Å². The highest BCUT2D eigenvalue weighted by Crippen LogP contribution is 2.12. The van der Waals surface area contributed by atoms with E-state index in [0.29, 0.717) is 24.9 Å². The second-order valence-corrected chi connectivity index (χ2v) is 4.80. The first-order valence-electron chi connectivity index (χ1n) is 6.81. The van der Waals surface area contributed by atoms with Crippen molar-refractivity contribution in [1.29, 1.82) is 0 Å². The molecule has 0 spiro atoms. The van der Waals surface area contributed by atoms with Crippen molar-refractivity contribution in [1.82, 2.24) is 9.97 Å². The zero-order valence-electron chi connectivity index (χ0n) is 12.1. The Bertz CT molecular complexity index is 370. The molecule has 19 heavy (non-hydrogen) atoms. The molecule has 0 bridgehead atoms. The summed E-state index contributed by atoms with van der Waals surface area (Å²) in [6, 6.07) is 1.80. The van der Waals surface area contributed by atoms with Gasteiger partial charge in [-0.05, 0) is 25.7 Å². The number of hydrogen-bond acceptors (Lipinski definition) is 6. The number of nitrogen functional groups attached to an aromatic ring is 1. The van der Waals surface area contributed by atoms with Crippen molar-refractivity contribution in [2.24, 2.45) is 11.8 Å². The van der Waals surface area contributed by atoms with Crippen LogP contribution in [-0.4, -0.2) is 23.1 Å². The first kappa shape index (κ1) is 15.7. The predicted molar refractivity (Wildman–Crippen MR) is 77.7 cm³/mol. The van der Waals surface area contributed by atoms with Crippen molar-refractivity contribution < 1.29 is 4.74 Å². The van der Waals surface area contributed by atoms with Gasteiger partial charge in [-0.25, -0.2) is 15.8 Å². The Hall–Kier alpha value is -1.40. The van der Waals surface area contributed by atoms with Crippen LogP contribution in [0.5, 0.6) is 0 Å². The number of aromatic nitrogens is 2. The zero-order valence-corrected chi connectivity index (χ0v) is 12.1. The molecule has 0 aliphatic rings. The van der Waals surface area contributed by atoms with Crippen LogP contribution in [0.2, 0.25) is 0 Å². The molecule has 1 aromatic heterocycles. The molecule has 0 aromatic carbocycles. The van der Waals surface area contributed by atoms with Gasteiger partial charge in [0.15, 0.2) is 5.82 Å². The number of nitrogens with zero attached hydrogens (tertiary/aromatic N) is 2. The Morgan fingerprint density at radius 2 is 2.05 bits per heavy atom. The third-order valence-electron chi connectivity index (χ3n) is 2.62. The minimum atomic E-state index is 0.396. The molecule has 0 saturated carbocycles. The highest BCUT2D eigenvalue weighted by atomic mass is 16.5. The van der Waals surface area contributed by atoms with Crippen molar-refractivity contribution in [3.8, 4) is 0 Å². The van der Waals surface area contributed by atoms with Crippen molar-refractivity contribution in [2.45, 2.75) is 40.2 Å². The highest BCUT2D eigenvalue weighted by Gasteiger charge is 2.04. The van der Waals surface area contributed by atoms with E-state index in [1.165, 1.54) is 6.42 Å². The van der Waals surface area contributed by atoms with Gasteiger partial charge in [-0.3, -0.25) is 0 Å². The number of nitrogens with one attached hydrogen (secondary N) is 2. The third-order valence-corrected chi connectivity index (χ3v) is 2.62. The molecule has 0 radical (unpaired) electrons. The quantitative estimate of drug-likeness (QED) is 0.361. The van der Waals surface area contributed by atoms with Crippen LogP contribution in [-0.2, 0) is 11.3 Å². The van der Waals surface area contributed by atoms with E-state index in [-0.39, 0.29) is 0 Å². The first-order valence-corrected chi connectivity index (χ1v) is 6.81. The fourth-order valence-electron chi connectivity index (χ4n) is 1.65. The minimum absolute atomic E-state index is 0.396. The Balaban J connectivity index is 2.55. The molecule has 0 unspecified atom stereocenters. The lowest BCUT2D eigenvalue weighted by molar-refractivity contribution is 0.128. The van der Waals surface area contributed by atoms with Gasteiger partial charge in [0.25, 0.3) is 0 Å². The van der Waals surface area contributed by atoms with Crippen LogP contribution in [0.25, 0.3) is 0 Å². The van der Waals surface area contributed by atoms with Gasteiger partial charge in [-0.2, -0.15) is 0 Å². The SMILES string of the molecule is CCOCc1nc(NN)cc(NCCCC(C)C)n1. The molecular formula is C13H25N5O. The Labute approximate surface area is 115 Å². The van der Waals surface area contributed by atoms with E-state index in [2.05, 4.69) is 34.6 Å². The number of hydrogen-bond donors (Lipinski definition) is 3. The summed E-state index contributed by atoms with van der Waals surface area (Å²) in [6.45, 7) is 8.32. The van der Waals surface area contributed by atoms with E-state index >= 15 is 0 Å². The second-order valence-electron chi connectivity index (χ2n) is 4.80. The van der Waals surface area contributed by atoms with Crippen molar-refractivity contribution in [3.05, 3.63) is 11.9 Å². The van der Waals surface area contributed by atoms with E-state index in [1.54, 1.807) is 6.07 Å². The van der Waals surface area contributed by atoms with Gasteiger partial charge in [0.2, 0.25) is 0 Å². The Morgan fingerprint density at radius 3 is 2.68 bits per heavy atom. The summed E-state index contributed by atoms with van der Waals surface area (Å²) in [4.78, 5) is 8.63. The smallest absolute Gasteiger partial charge is 0.158 e. The van der Waals surface area contributed by atoms with E-state index in [0.717, 1.165) is 24.7 Å². The highest BCUT2D eigenvalue weighted by molar-refractivity contribution is 5.46. The van der Waals surface area contributed by atoms with Crippen LogP contribution in [0, 0.1) is 5.92 Å². The van der Waals surface area contributed by atoms with Crippen LogP contribution in [0.4, 0.5) is 11.6 Å². The molecule has 0 saturated heterocycles. The van der Waals surface area contributed by atoms with Gasteiger partial charge in [0, 0.05) is 19.2 Å². The Morgan fingerprint density at radius 1 is 1.32 bits per heavy atom.